The molecule has 20 heavy (non-hydrogen) atoms. The van der Waals surface area contributed by atoms with Gasteiger partial charge in [0.2, 0.25) is 0 Å². The zero-order valence-corrected chi connectivity index (χ0v) is 10.4. The SMILES string of the molecule is CC(N)(C(=O)Nc1ccc2nccnc2c1)C(F)(F)F. The van der Waals surface area contributed by atoms with Gasteiger partial charge in [0, 0.05) is 18.1 Å². The molecular weight excluding hydrogens is 273 g/mol. The number of benzene rings is 1. The number of anilines is 1. The summed E-state index contributed by atoms with van der Waals surface area (Å²) in [6.07, 6.45) is -1.91. The first-order valence-electron chi connectivity index (χ1n) is 5.59. The van der Waals surface area contributed by atoms with E-state index >= 15 is 0 Å². The molecule has 0 saturated heterocycles. The van der Waals surface area contributed by atoms with E-state index in [2.05, 4.69) is 15.3 Å². The third-order valence-electron chi connectivity index (χ3n) is 2.79. The van der Waals surface area contributed by atoms with E-state index in [1.54, 1.807) is 6.07 Å². The summed E-state index contributed by atoms with van der Waals surface area (Å²) in [6, 6.07) is 4.40. The molecular formula is C12H11F3N4O. The summed E-state index contributed by atoms with van der Waals surface area (Å²) in [7, 11) is 0. The Morgan fingerprint density at radius 1 is 1.20 bits per heavy atom. The maximum Gasteiger partial charge on any atom is 0.415 e. The standard InChI is InChI=1S/C12H11F3N4O/c1-11(16,12(13,14)15)10(20)19-7-2-3-8-9(6-7)18-5-4-17-8/h2-6H,16H2,1H3,(H,19,20). The normalized spacial score (nSPS) is 14.8. The van der Waals surface area contributed by atoms with Gasteiger partial charge >= 0.3 is 6.18 Å². The first kappa shape index (κ1) is 14.2. The Balaban J connectivity index is 2.26. The summed E-state index contributed by atoms with van der Waals surface area (Å²) in [5, 5.41) is 2.13. The predicted molar refractivity (Wildman–Crippen MR) is 66.8 cm³/mol. The highest BCUT2D eigenvalue weighted by atomic mass is 19.4. The van der Waals surface area contributed by atoms with Gasteiger partial charge in [-0.05, 0) is 25.1 Å². The summed E-state index contributed by atoms with van der Waals surface area (Å²) >= 11 is 0. The van der Waals surface area contributed by atoms with E-state index in [1.807, 2.05) is 0 Å². The van der Waals surface area contributed by atoms with Crippen LogP contribution in [-0.4, -0.2) is 27.6 Å². The third kappa shape index (κ3) is 2.55. The number of fused-ring (bicyclic) bond motifs is 1. The van der Waals surface area contributed by atoms with Gasteiger partial charge in [-0.25, -0.2) is 0 Å². The molecule has 0 fully saturated rings. The Hall–Kier alpha value is -2.22. The minimum atomic E-state index is -4.84. The molecule has 3 N–H and O–H groups in total. The fraction of sp³-hybridized carbons (Fsp3) is 0.250. The average Bonchev–Trinajstić information content (AvgIpc) is 2.37. The van der Waals surface area contributed by atoms with Crippen LogP contribution in [0.4, 0.5) is 18.9 Å². The van der Waals surface area contributed by atoms with Gasteiger partial charge in [-0.2, -0.15) is 13.2 Å². The highest BCUT2D eigenvalue weighted by Gasteiger charge is 2.53. The van der Waals surface area contributed by atoms with Gasteiger partial charge < -0.3 is 11.1 Å². The number of carbonyl (C=O) groups excluding carboxylic acids is 1. The quantitative estimate of drug-likeness (QED) is 0.881. The van der Waals surface area contributed by atoms with Gasteiger partial charge in [0.15, 0.2) is 5.54 Å². The number of hydrogen-bond acceptors (Lipinski definition) is 4. The van der Waals surface area contributed by atoms with Crippen molar-refractivity contribution in [2.24, 2.45) is 5.73 Å². The number of rotatable bonds is 2. The fourth-order valence-electron chi connectivity index (χ4n) is 1.43. The molecule has 0 saturated carbocycles. The lowest BCUT2D eigenvalue weighted by Crippen LogP contribution is -2.59. The number of carbonyl (C=O) groups is 1. The van der Waals surface area contributed by atoms with E-state index in [4.69, 9.17) is 5.73 Å². The van der Waals surface area contributed by atoms with Gasteiger partial charge in [0.25, 0.3) is 5.91 Å². The van der Waals surface area contributed by atoms with Crippen LogP contribution >= 0.6 is 0 Å². The second kappa shape index (κ2) is 4.71. The van der Waals surface area contributed by atoms with E-state index in [1.165, 1.54) is 24.5 Å². The van der Waals surface area contributed by atoms with Crippen molar-refractivity contribution in [1.82, 2.24) is 9.97 Å². The zero-order chi connectivity index (χ0) is 15.0. The van der Waals surface area contributed by atoms with Crippen molar-refractivity contribution >= 4 is 22.6 Å². The molecule has 1 atom stereocenters. The van der Waals surface area contributed by atoms with Crippen LogP contribution < -0.4 is 11.1 Å². The van der Waals surface area contributed by atoms with Crippen molar-refractivity contribution in [2.75, 3.05) is 5.32 Å². The molecule has 1 aromatic carbocycles. The van der Waals surface area contributed by atoms with Crippen LogP contribution in [0.15, 0.2) is 30.6 Å². The molecule has 8 heteroatoms. The third-order valence-corrected chi connectivity index (χ3v) is 2.79. The van der Waals surface area contributed by atoms with E-state index in [-0.39, 0.29) is 5.69 Å². The maximum atomic E-state index is 12.6. The van der Waals surface area contributed by atoms with Crippen LogP contribution in [0.3, 0.4) is 0 Å². The predicted octanol–water partition coefficient (Wildman–Crippen LogP) is 1.85. The molecule has 0 aliphatic rings. The minimum absolute atomic E-state index is 0.170. The van der Waals surface area contributed by atoms with Crippen LogP contribution in [0.2, 0.25) is 0 Å². The Morgan fingerprint density at radius 3 is 2.40 bits per heavy atom. The Morgan fingerprint density at radius 2 is 1.80 bits per heavy atom. The zero-order valence-electron chi connectivity index (χ0n) is 10.4. The molecule has 1 unspecified atom stereocenters. The summed E-state index contributed by atoms with van der Waals surface area (Å²) in [5.74, 6) is -1.34. The molecule has 1 aromatic heterocycles. The summed E-state index contributed by atoms with van der Waals surface area (Å²) in [5.41, 5.74) is 3.26. The second-order valence-corrected chi connectivity index (χ2v) is 4.41. The van der Waals surface area contributed by atoms with Gasteiger partial charge in [-0.1, -0.05) is 0 Å². The lowest BCUT2D eigenvalue weighted by molar-refractivity contribution is -0.184. The second-order valence-electron chi connectivity index (χ2n) is 4.41. The molecule has 0 bridgehead atoms. The van der Waals surface area contributed by atoms with E-state index < -0.39 is 17.6 Å². The highest BCUT2D eigenvalue weighted by molar-refractivity contribution is 5.99. The molecule has 0 radical (unpaired) electrons. The lowest BCUT2D eigenvalue weighted by Gasteiger charge is -2.26. The number of alkyl halides is 3. The summed E-state index contributed by atoms with van der Waals surface area (Å²) < 4.78 is 37.9. The number of nitrogens with zero attached hydrogens (tertiary/aromatic N) is 2. The number of nitrogens with two attached hydrogens (primary N) is 1. The van der Waals surface area contributed by atoms with Crippen molar-refractivity contribution in [3.05, 3.63) is 30.6 Å². The van der Waals surface area contributed by atoms with Crippen molar-refractivity contribution in [3.63, 3.8) is 0 Å². The van der Waals surface area contributed by atoms with Gasteiger partial charge in [0.1, 0.15) is 0 Å². The Kier molecular flexibility index (Phi) is 3.34. The molecule has 1 heterocycles. The van der Waals surface area contributed by atoms with Gasteiger partial charge in [-0.15, -0.1) is 0 Å². The molecule has 5 nitrogen and oxygen atoms in total. The maximum absolute atomic E-state index is 12.6. The molecule has 106 valence electrons. The van der Waals surface area contributed by atoms with Crippen LogP contribution in [0.1, 0.15) is 6.92 Å². The molecule has 0 spiro atoms. The number of nitrogens with one attached hydrogen (secondary N) is 1. The van der Waals surface area contributed by atoms with E-state index in [9.17, 15) is 18.0 Å². The van der Waals surface area contributed by atoms with Crippen LogP contribution in [0.5, 0.6) is 0 Å². The largest absolute Gasteiger partial charge is 0.415 e. The first-order valence-corrected chi connectivity index (χ1v) is 5.59. The van der Waals surface area contributed by atoms with Crippen LogP contribution in [-0.2, 0) is 4.79 Å². The fourth-order valence-corrected chi connectivity index (χ4v) is 1.43. The van der Waals surface area contributed by atoms with E-state index in [0.717, 1.165) is 0 Å². The van der Waals surface area contributed by atoms with Gasteiger partial charge in [0.05, 0.1) is 11.0 Å². The topological polar surface area (TPSA) is 80.9 Å². The van der Waals surface area contributed by atoms with Gasteiger partial charge in [-0.3, -0.25) is 14.8 Å². The van der Waals surface area contributed by atoms with Crippen LogP contribution in [0, 0.1) is 0 Å². The molecule has 1 amide bonds. The Labute approximate surface area is 112 Å². The first-order chi connectivity index (χ1) is 9.22. The molecule has 2 aromatic rings. The number of halogens is 3. The number of amides is 1. The summed E-state index contributed by atoms with van der Waals surface area (Å²) in [6.45, 7) is 0.614. The van der Waals surface area contributed by atoms with Crippen molar-refractivity contribution in [1.29, 1.82) is 0 Å². The number of hydrogen-bond donors (Lipinski definition) is 2. The Bertz CT molecular complexity index is 654. The molecule has 0 aliphatic carbocycles. The monoisotopic (exact) mass is 284 g/mol. The highest BCUT2D eigenvalue weighted by Crippen LogP contribution is 2.29. The average molecular weight is 284 g/mol. The van der Waals surface area contributed by atoms with Crippen molar-refractivity contribution in [3.8, 4) is 0 Å². The molecule has 2 rings (SSSR count). The van der Waals surface area contributed by atoms with E-state index in [0.29, 0.717) is 18.0 Å². The lowest BCUT2D eigenvalue weighted by atomic mass is 10.0. The van der Waals surface area contributed by atoms with Crippen molar-refractivity contribution in [2.45, 2.75) is 18.6 Å². The smallest absolute Gasteiger partial charge is 0.324 e. The summed E-state index contributed by atoms with van der Waals surface area (Å²) in [4.78, 5) is 19.6. The minimum Gasteiger partial charge on any atom is -0.324 e. The van der Waals surface area contributed by atoms with Crippen molar-refractivity contribution < 1.29 is 18.0 Å². The number of aromatic nitrogens is 2. The molecule has 0 aliphatic heterocycles. The van der Waals surface area contributed by atoms with Crippen LogP contribution in [0.25, 0.3) is 11.0 Å².